The Balaban J connectivity index is 2.14. The maximum atomic E-state index is 13.1. The molecule has 2 aromatic rings. The quantitative estimate of drug-likeness (QED) is 0.934. The summed E-state index contributed by atoms with van der Waals surface area (Å²) in [6, 6.07) is 4.56. The Morgan fingerprint density at radius 1 is 1.32 bits per heavy atom. The number of hydrogen-bond donors (Lipinski definition) is 1. The summed E-state index contributed by atoms with van der Waals surface area (Å²) in [7, 11) is 0. The molecule has 1 heterocycles. The Morgan fingerprint density at radius 3 is 2.68 bits per heavy atom. The minimum atomic E-state index is -0.426. The molecule has 0 aliphatic rings. The van der Waals surface area contributed by atoms with E-state index in [9.17, 15) is 4.39 Å². The summed E-state index contributed by atoms with van der Waals surface area (Å²) in [5.74, 6) is -0.426. The number of halogens is 2. The summed E-state index contributed by atoms with van der Waals surface area (Å²) in [6.07, 6.45) is 0. The van der Waals surface area contributed by atoms with Crippen molar-refractivity contribution in [3.8, 4) is 10.6 Å². The van der Waals surface area contributed by atoms with Gasteiger partial charge >= 0.3 is 0 Å². The van der Waals surface area contributed by atoms with E-state index in [-0.39, 0.29) is 10.6 Å². The molecule has 19 heavy (non-hydrogen) atoms. The summed E-state index contributed by atoms with van der Waals surface area (Å²) < 4.78 is 13.1. The Hall–Kier alpha value is -1.04. The monoisotopic (exact) mass is 299 g/mol. The van der Waals surface area contributed by atoms with Crippen LogP contribution in [0.25, 0.3) is 10.6 Å². The number of nitrogens with zero attached hydrogens (tertiary/aromatic N) is 2. The molecule has 0 saturated heterocycles. The van der Waals surface area contributed by atoms with Crippen LogP contribution in [0.15, 0.2) is 18.2 Å². The van der Waals surface area contributed by atoms with Gasteiger partial charge in [-0.25, -0.2) is 4.39 Å². The highest BCUT2D eigenvalue weighted by Gasteiger charge is 2.12. The first-order valence-electron chi connectivity index (χ1n) is 5.88. The third-order valence-electron chi connectivity index (χ3n) is 2.40. The molecule has 0 amide bonds. The number of benzene rings is 1. The van der Waals surface area contributed by atoms with Gasteiger partial charge in [-0.2, -0.15) is 0 Å². The van der Waals surface area contributed by atoms with Crippen molar-refractivity contribution >= 4 is 22.9 Å². The Morgan fingerprint density at radius 2 is 2.05 bits per heavy atom. The van der Waals surface area contributed by atoms with Crippen LogP contribution in [-0.2, 0) is 6.54 Å². The van der Waals surface area contributed by atoms with E-state index in [2.05, 4.69) is 36.3 Å². The third-order valence-corrected chi connectivity index (χ3v) is 3.67. The average Bonchev–Trinajstić information content (AvgIpc) is 2.78. The highest BCUT2D eigenvalue weighted by atomic mass is 35.5. The van der Waals surface area contributed by atoms with Gasteiger partial charge in [-0.15, -0.1) is 10.2 Å². The van der Waals surface area contributed by atoms with E-state index >= 15 is 0 Å². The van der Waals surface area contributed by atoms with Crippen molar-refractivity contribution in [2.24, 2.45) is 0 Å². The van der Waals surface area contributed by atoms with E-state index in [4.69, 9.17) is 11.6 Å². The van der Waals surface area contributed by atoms with Gasteiger partial charge in [0.2, 0.25) is 0 Å². The van der Waals surface area contributed by atoms with Gasteiger partial charge in [0.25, 0.3) is 0 Å². The fourth-order valence-electron chi connectivity index (χ4n) is 1.41. The summed E-state index contributed by atoms with van der Waals surface area (Å²) >= 11 is 7.24. The lowest BCUT2D eigenvalue weighted by atomic mass is 10.1. The smallest absolute Gasteiger partial charge is 0.147 e. The lowest BCUT2D eigenvalue weighted by molar-refractivity contribution is 0.423. The first-order chi connectivity index (χ1) is 8.85. The number of nitrogens with one attached hydrogen (secondary N) is 1. The van der Waals surface area contributed by atoms with Crippen molar-refractivity contribution < 1.29 is 4.39 Å². The Kier molecular flexibility index (Phi) is 4.18. The predicted molar refractivity (Wildman–Crippen MR) is 76.9 cm³/mol. The summed E-state index contributed by atoms with van der Waals surface area (Å²) in [6.45, 7) is 6.94. The SMILES string of the molecule is CC(C)(C)NCc1nnc(-c2ccc(F)c(Cl)c2)s1. The van der Waals surface area contributed by atoms with Crippen LogP contribution in [0.2, 0.25) is 5.02 Å². The summed E-state index contributed by atoms with van der Waals surface area (Å²) in [4.78, 5) is 0. The highest BCUT2D eigenvalue weighted by molar-refractivity contribution is 7.14. The molecule has 0 saturated carbocycles. The van der Waals surface area contributed by atoms with Crippen LogP contribution < -0.4 is 5.32 Å². The van der Waals surface area contributed by atoms with Gasteiger partial charge in [0.15, 0.2) is 0 Å². The van der Waals surface area contributed by atoms with Crippen LogP contribution in [0.5, 0.6) is 0 Å². The van der Waals surface area contributed by atoms with Crippen LogP contribution in [0.4, 0.5) is 4.39 Å². The van der Waals surface area contributed by atoms with E-state index in [1.165, 1.54) is 17.4 Å². The molecule has 0 fully saturated rings. The first kappa shape index (κ1) is 14.4. The maximum absolute atomic E-state index is 13.1. The number of rotatable bonds is 3. The Labute approximate surface area is 120 Å². The molecule has 3 nitrogen and oxygen atoms in total. The summed E-state index contributed by atoms with van der Waals surface area (Å²) in [5.41, 5.74) is 0.816. The van der Waals surface area contributed by atoms with Gasteiger partial charge in [-0.05, 0) is 39.0 Å². The van der Waals surface area contributed by atoms with Crippen molar-refractivity contribution in [2.75, 3.05) is 0 Å². The van der Waals surface area contributed by atoms with Crippen molar-refractivity contribution in [1.82, 2.24) is 15.5 Å². The van der Waals surface area contributed by atoms with Crippen molar-refractivity contribution in [3.63, 3.8) is 0 Å². The fraction of sp³-hybridized carbons (Fsp3) is 0.385. The molecule has 0 aliphatic carbocycles. The second kappa shape index (κ2) is 5.53. The normalized spacial score (nSPS) is 11.8. The zero-order valence-electron chi connectivity index (χ0n) is 11.0. The molecule has 0 unspecified atom stereocenters. The second-order valence-electron chi connectivity index (χ2n) is 5.23. The van der Waals surface area contributed by atoms with Gasteiger partial charge in [0.1, 0.15) is 15.8 Å². The van der Waals surface area contributed by atoms with Crippen LogP contribution in [0.3, 0.4) is 0 Å². The second-order valence-corrected chi connectivity index (χ2v) is 6.70. The zero-order valence-corrected chi connectivity index (χ0v) is 12.6. The lowest BCUT2D eigenvalue weighted by Gasteiger charge is -2.19. The van der Waals surface area contributed by atoms with Crippen LogP contribution in [-0.4, -0.2) is 15.7 Å². The molecule has 0 aliphatic heterocycles. The van der Waals surface area contributed by atoms with Crippen LogP contribution >= 0.6 is 22.9 Å². The van der Waals surface area contributed by atoms with Crippen molar-refractivity contribution in [2.45, 2.75) is 32.9 Å². The number of aromatic nitrogens is 2. The molecule has 102 valence electrons. The van der Waals surface area contributed by atoms with Crippen LogP contribution in [0.1, 0.15) is 25.8 Å². The van der Waals surface area contributed by atoms with Gasteiger partial charge in [0.05, 0.1) is 11.6 Å². The minimum Gasteiger partial charge on any atom is -0.306 e. The summed E-state index contributed by atoms with van der Waals surface area (Å²) in [5, 5.41) is 13.3. The molecular formula is C13H15ClFN3S. The van der Waals surface area contributed by atoms with Gasteiger partial charge in [0, 0.05) is 11.1 Å². The van der Waals surface area contributed by atoms with E-state index in [1.54, 1.807) is 12.1 Å². The molecule has 1 aromatic carbocycles. The average molecular weight is 300 g/mol. The molecule has 0 atom stereocenters. The van der Waals surface area contributed by atoms with Gasteiger partial charge < -0.3 is 5.32 Å². The standard InChI is InChI=1S/C13H15ClFN3S/c1-13(2,3)16-7-11-17-18-12(19-11)8-4-5-10(15)9(14)6-8/h4-6,16H,7H2,1-3H3. The highest BCUT2D eigenvalue weighted by Crippen LogP contribution is 2.27. The molecule has 6 heteroatoms. The third kappa shape index (κ3) is 3.96. The van der Waals surface area contributed by atoms with E-state index in [1.807, 2.05) is 0 Å². The number of hydrogen-bond acceptors (Lipinski definition) is 4. The van der Waals surface area contributed by atoms with E-state index in [0.717, 1.165) is 15.6 Å². The first-order valence-corrected chi connectivity index (χ1v) is 7.07. The molecule has 0 bridgehead atoms. The van der Waals surface area contributed by atoms with Crippen LogP contribution in [0, 0.1) is 5.82 Å². The van der Waals surface area contributed by atoms with Crippen molar-refractivity contribution in [1.29, 1.82) is 0 Å². The fourth-order valence-corrected chi connectivity index (χ4v) is 2.37. The van der Waals surface area contributed by atoms with Crippen molar-refractivity contribution in [3.05, 3.63) is 34.0 Å². The minimum absolute atomic E-state index is 0.0328. The molecule has 2 rings (SSSR count). The maximum Gasteiger partial charge on any atom is 0.147 e. The Bertz CT molecular complexity index is 578. The van der Waals surface area contributed by atoms with Gasteiger partial charge in [-0.1, -0.05) is 22.9 Å². The topological polar surface area (TPSA) is 37.8 Å². The van der Waals surface area contributed by atoms with Gasteiger partial charge in [-0.3, -0.25) is 0 Å². The molecule has 1 aromatic heterocycles. The molecule has 0 spiro atoms. The van der Waals surface area contributed by atoms with E-state index < -0.39 is 5.82 Å². The molecule has 0 radical (unpaired) electrons. The predicted octanol–water partition coefficient (Wildman–Crippen LogP) is 3.89. The lowest BCUT2D eigenvalue weighted by Crippen LogP contribution is -2.35. The molecule has 1 N–H and O–H groups in total. The van der Waals surface area contributed by atoms with E-state index in [0.29, 0.717) is 6.54 Å². The largest absolute Gasteiger partial charge is 0.306 e. The molecular weight excluding hydrogens is 285 g/mol. The zero-order chi connectivity index (χ0) is 14.0.